The molecule has 0 radical (unpaired) electrons. The molecule has 3 aliphatic heterocycles. The summed E-state index contributed by atoms with van der Waals surface area (Å²) >= 11 is 1.56. The first-order valence-corrected chi connectivity index (χ1v) is 9.13. The Morgan fingerprint density at radius 1 is 1.27 bits per heavy atom. The number of aromatic nitrogens is 1. The lowest BCUT2D eigenvalue weighted by molar-refractivity contribution is -0.140. The van der Waals surface area contributed by atoms with Crippen LogP contribution in [0.1, 0.15) is 37.8 Å². The molecule has 1 saturated carbocycles. The van der Waals surface area contributed by atoms with Gasteiger partial charge in [-0.1, -0.05) is 6.42 Å². The molecule has 4 aliphatic rings. The normalized spacial score (nSPS) is 28.6. The molecule has 2 atom stereocenters. The van der Waals surface area contributed by atoms with Crippen LogP contribution < -0.4 is 0 Å². The zero-order chi connectivity index (χ0) is 15.1. The molecule has 0 aromatic carbocycles. The van der Waals surface area contributed by atoms with Gasteiger partial charge in [-0.2, -0.15) is 0 Å². The van der Waals surface area contributed by atoms with E-state index in [-0.39, 0.29) is 29.7 Å². The SMILES string of the molecule is O=C(C1CCC1)N1C[C@@H]2CC[C@H](C1)N(Cc1cscn1)C2=O. The fraction of sp³-hybridized carbons (Fsp3) is 0.688. The van der Waals surface area contributed by atoms with Crippen molar-refractivity contribution in [1.29, 1.82) is 0 Å². The molecule has 22 heavy (non-hydrogen) atoms. The van der Waals surface area contributed by atoms with Crippen LogP contribution in [0.2, 0.25) is 0 Å². The largest absolute Gasteiger partial charge is 0.340 e. The Morgan fingerprint density at radius 2 is 2.14 bits per heavy atom. The Labute approximate surface area is 134 Å². The summed E-state index contributed by atoms with van der Waals surface area (Å²) in [5, 5.41) is 2.00. The molecule has 0 spiro atoms. The molecular weight excluding hydrogens is 298 g/mol. The lowest BCUT2D eigenvalue weighted by Crippen LogP contribution is -2.47. The van der Waals surface area contributed by atoms with Crippen LogP contribution in [0.5, 0.6) is 0 Å². The number of fused-ring (bicyclic) bond motifs is 4. The molecule has 5 nitrogen and oxygen atoms in total. The number of hydrogen-bond donors (Lipinski definition) is 0. The minimum absolute atomic E-state index is 0.0126. The highest BCUT2D eigenvalue weighted by atomic mass is 32.1. The third-order valence-electron chi connectivity index (χ3n) is 5.38. The first kappa shape index (κ1) is 14.2. The van der Waals surface area contributed by atoms with Gasteiger partial charge in [-0.15, -0.1) is 11.3 Å². The quantitative estimate of drug-likeness (QED) is 0.855. The van der Waals surface area contributed by atoms with Gasteiger partial charge in [0.25, 0.3) is 0 Å². The fourth-order valence-electron chi connectivity index (χ4n) is 3.83. The van der Waals surface area contributed by atoms with Gasteiger partial charge < -0.3 is 9.80 Å². The van der Waals surface area contributed by atoms with Gasteiger partial charge in [-0.3, -0.25) is 9.59 Å². The number of rotatable bonds is 3. The van der Waals surface area contributed by atoms with Crippen LogP contribution >= 0.6 is 11.3 Å². The van der Waals surface area contributed by atoms with Crippen LogP contribution in [0.3, 0.4) is 0 Å². The van der Waals surface area contributed by atoms with E-state index in [0.29, 0.717) is 19.6 Å². The summed E-state index contributed by atoms with van der Waals surface area (Å²) in [4.78, 5) is 33.5. The molecule has 3 saturated heterocycles. The number of nitrogens with zero attached hydrogens (tertiary/aromatic N) is 3. The highest BCUT2D eigenvalue weighted by Crippen LogP contribution is 2.34. The summed E-state index contributed by atoms with van der Waals surface area (Å²) in [5.41, 5.74) is 2.77. The summed E-state index contributed by atoms with van der Waals surface area (Å²) in [6.07, 6.45) is 5.16. The first-order valence-electron chi connectivity index (χ1n) is 8.18. The predicted molar refractivity (Wildman–Crippen MR) is 83.1 cm³/mol. The van der Waals surface area contributed by atoms with Crippen molar-refractivity contribution in [3.8, 4) is 0 Å². The van der Waals surface area contributed by atoms with Crippen molar-refractivity contribution in [3.05, 3.63) is 16.6 Å². The van der Waals surface area contributed by atoms with E-state index in [1.807, 2.05) is 20.7 Å². The molecule has 6 heteroatoms. The van der Waals surface area contributed by atoms with Crippen molar-refractivity contribution in [1.82, 2.24) is 14.8 Å². The summed E-state index contributed by atoms with van der Waals surface area (Å²) in [5.74, 6) is 0.709. The van der Waals surface area contributed by atoms with Crippen LogP contribution in [0.15, 0.2) is 10.9 Å². The highest BCUT2D eigenvalue weighted by Gasteiger charge is 2.43. The zero-order valence-electron chi connectivity index (χ0n) is 12.6. The second kappa shape index (κ2) is 5.65. The van der Waals surface area contributed by atoms with Crippen LogP contribution in [-0.2, 0) is 16.1 Å². The maximum Gasteiger partial charge on any atom is 0.228 e. The monoisotopic (exact) mass is 319 g/mol. The molecular formula is C16H21N3O2S. The molecule has 1 aliphatic carbocycles. The fourth-order valence-corrected chi connectivity index (χ4v) is 4.38. The Kier molecular flexibility index (Phi) is 3.64. The Morgan fingerprint density at radius 3 is 2.82 bits per heavy atom. The van der Waals surface area contributed by atoms with E-state index in [1.54, 1.807) is 11.3 Å². The second-order valence-corrected chi connectivity index (χ2v) is 7.46. The van der Waals surface area contributed by atoms with E-state index < -0.39 is 0 Å². The third-order valence-corrected chi connectivity index (χ3v) is 6.01. The van der Waals surface area contributed by atoms with E-state index in [1.165, 1.54) is 6.42 Å². The summed E-state index contributed by atoms with van der Waals surface area (Å²) in [6, 6.07) is 0.164. The van der Waals surface area contributed by atoms with Gasteiger partial charge in [0.15, 0.2) is 0 Å². The predicted octanol–water partition coefficient (Wildman–Crippen LogP) is 1.89. The van der Waals surface area contributed by atoms with E-state index in [4.69, 9.17) is 0 Å². The van der Waals surface area contributed by atoms with Gasteiger partial charge in [0.1, 0.15) is 0 Å². The van der Waals surface area contributed by atoms with Crippen LogP contribution in [-0.4, -0.2) is 45.7 Å². The average molecular weight is 319 g/mol. The van der Waals surface area contributed by atoms with Gasteiger partial charge in [0, 0.05) is 30.4 Å². The number of hydrogen-bond acceptors (Lipinski definition) is 4. The van der Waals surface area contributed by atoms with Gasteiger partial charge >= 0.3 is 0 Å². The van der Waals surface area contributed by atoms with Crippen LogP contribution in [0, 0.1) is 11.8 Å². The van der Waals surface area contributed by atoms with E-state index in [9.17, 15) is 9.59 Å². The molecule has 0 unspecified atom stereocenters. The van der Waals surface area contributed by atoms with Crippen molar-refractivity contribution < 1.29 is 9.59 Å². The number of carbonyl (C=O) groups is 2. The maximum atomic E-state index is 12.7. The van der Waals surface area contributed by atoms with E-state index in [2.05, 4.69) is 4.98 Å². The molecule has 1 aromatic heterocycles. The highest BCUT2D eigenvalue weighted by molar-refractivity contribution is 7.07. The molecule has 5 rings (SSSR count). The lowest BCUT2D eigenvalue weighted by atomic mass is 9.84. The molecule has 4 fully saturated rings. The molecule has 4 heterocycles. The van der Waals surface area contributed by atoms with Crippen LogP contribution in [0.4, 0.5) is 0 Å². The Bertz CT molecular complexity index is 570. The molecule has 118 valence electrons. The smallest absolute Gasteiger partial charge is 0.228 e. The van der Waals surface area contributed by atoms with Gasteiger partial charge in [-0.25, -0.2) is 4.98 Å². The third kappa shape index (κ3) is 2.43. The van der Waals surface area contributed by atoms with Gasteiger partial charge in [0.05, 0.1) is 23.7 Å². The number of piperidine rings is 1. The number of amides is 2. The van der Waals surface area contributed by atoms with Crippen molar-refractivity contribution >= 4 is 23.2 Å². The minimum atomic E-state index is -0.0126. The zero-order valence-corrected chi connectivity index (χ0v) is 13.4. The number of carbonyl (C=O) groups excluding carboxylic acids is 2. The summed E-state index contributed by atoms with van der Waals surface area (Å²) in [7, 11) is 0. The number of thiazole rings is 1. The molecule has 0 N–H and O–H groups in total. The van der Waals surface area contributed by atoms with Gasteiger partial charge in [0.2, 0.25) is 11.8 Å². The van der Waals surface area contributed by atoms with Crippen molar-refractivity contribution in [2.75, 3.05) is 13.1 Å². The van der Waals surface area contributed by atoms with Gasteiger partial charge in [-0.05, 0) is 25.7 Å². The standard InChI is InChI=1S/C16H21N3O2S/c20-15(11-2-1-3-11)18-6-12-4-5-14(8-18)19(16(12)21)7-13-9-22-10-17-13/h9-12,14H,1-8H2/t12-,14+/m0/s1. The van der Waals surface area contributed by atoms with Crippen molar-refractivity contribution in [2.45, 2.75) is 44.7 Å². The van der Waals surface area contributed by atoms with Crippen molar-refractivity contribution in [3.63, 3.8) is 0 Å². The van der Waals surface area contributed by atoms with E-state index >= 15 is 0 Å². The minimum Gasteiger partial charge on any atom is -0.340 e. The lowest BCUT2D eigenvalue weighted by Gasteiger charge is -2.35. The van der Waals surface area contributed by atoms with E-state index in [0.717, 1.165) is 31.4 Å². The topological polar surface area (TPSA) is 53.5 Å². The van der Waals surface area contributed by atoms with Crippen molar-refractivity contribution in [2.24, 2.45) is 11.8 Å². The first-order chi connectivity index (χ1) is 10.7. The Balaban J connectivity index is 1.52. The maximum absolute atomic E-state index is 12.7. The molecule has 1 aromatic rings. The second-order valence-electron chi connectivity index (χ2n) is 6.75. The average Bonchev–Trinajstić information content (AvgIpc) is 2.81. The van der Waals surface area contributed by atoms with Crippen LogP contribution in [0.25, 0.3) is 0 Å². The summed E-state index contributed by atoms with van der Waals surface area (Å²) in [6.45, 7) is 1.93. The summed E-state index contributed by atoms with van der Waals surface area (Å²) < 4.78 is 0. The molecule has 2 amide bonds. The molecule has 2 bridgehead atoms. The Hall–Kier alpha value is -1.43.